The van der Waals surface area contributed by atoms with E-state index in [9.17, 15) is 19.5 Å². The van der Waals surface area contributed by atoms with Crippen molar-refractivity contribution >= 4 is 40.6 Å². The Balaban J connectivity index is 1.82. The maximum absolute atomic E-state index is 15.0. The molecule has 1 aromatic heterocycles. The van der Waals surface area contributed by atoms with Crippen molar-refractivity contribution in [1.82, 2.24) is 19.4 Å². The van der Waals surface area contributed by atoms with E-state index in [0.717, 1.165) is 99.7 Å². The van der Waals surface area contributed by atoms with Gasteiger partial charge in [-0.05, 0) is 128 Å². The maximum atomic E-state index is 15.0. The van der Waals surface area contributed by atoms with Crippen LogP contribution in [-0.4, -0.2) is 101 Å². The molecule has 0 spiro atoms. The predicted molar refractivity (Wildman–Crippen MR) is 363 cm³/mol. The van der Waals surface area contributed by atoms with Gasteiger partial charge in [-0.1, -0.05) is 186 Å². The average molecular weight is 1220 g/mol. The molecule has 15 heteroatoms. The van der Waals surface area contributed by atoms with Gasteiger partial charge in [0.1, 0.15) is 22.9 Å². The summed E-state index contributed by atoms with van der Waals surface area (Å²) in [6.45, 7) is 43.1. The van der Waals surface area contributed by atoms with Crippen LogP contribution in [0.4, 0.5) is 17.1 Å². The van der Waals surface area contributed by atoms with E-state index < -0.39 is 11.4 Å². The minimum Gasteiger partial charge on any atom is -0.493 e. The van der Waals surface area contributed by atoms with Crippen LogP contribution < -0.4 is 24.7 Å². The summed E-state index contributed by atoms with van der Waals surface area (Å²) in [7, 11) is 0. The van der Waals surface area contributed by atoms with Crippen LogP contribution in [0.2, 0.25) is 0 Å². The van der Waals surface area contributed by atoms with E-state index >= 15 is 0 Å². The molecule has 0 bridgehead atoms. The molecule has 3 aromatic carbocycles. The van der Waals surface area contributed by atoms with Gasteiger partial charge in [-0.3, -0.25) is 19.0 Å². The van der Waals surface area contributed by atoms with Gasteiger partial charge in [0.2, 0.25) is 23.4 Å². The van der Waals surface area contributed by atoms with E-state index in [1.54, 1.807) is 10.6 Å². The molecule has 0 aliphatic heterocycles. The minimum absolute atomic E-state index is 0.00460. The van der Waals surface area contributed by atoms with E-state index in [4.69, 9.17) is 14.2 Å². The Kier molecular flexibility index (Phi) is 30.2. The summed E-state index contributed by atoms with van der Waals surface area (Å²) in [4.78, 5) is 54.0. The Hall–Kier alpha value is -5.57. The smallest absolute Gasteiger partial charge is 0.286 e. The topological polar surface area (TPSA) is 151 Å². The summed E-state index contributed by atoms with van der Waals surface area (Å²) < 4.78 is 21.5. The Morgan fingerprint density at radius 1 is 0.586 bits per heavy atom. The van der Waals surface area contributed by atoms with Crippen LogP contribution in [0.1, 0.15) is 243 Å². The number of aromatic nitrogens is 2. The highest BCUT2D eigenvalue weighted by molar-refractivity contribution is 7.99. The number of carbonyl (C=O) groups excluding carboxylic acids is 2. The van der Waals surface area contributed by atoms with Gasteiger partial charge in [0.15, 0.2) is 5.16 Å². The van der Waals surface area contributed by atoms with Gasteiger partial charge in [0.05, 0.1) is 32.4 Å². The third-order valence-corrected chi connectivity index (χ3v) is 19.2. The SMILES string of the molecule is CCCCN(CCCC)C(=O)CN(CC(=O)N(CCCC)CCCC)c1ccc(N=Nc2c(O)nc(SCCOc3ccc(C(C)(C)CC)cc3C(C)(C)CC)n(CCCOc3ccc(C(C)(C)CC)cc3C(C)(C)CC)c2=O)c(OC(CC)CC)c1. The molecule has 14 nitrogen and oxygen atoms in total. The Morgan fingerprint density at radius 2 is 1.05 bits per heavy atom. The zero-order valence-corrected chi connectivity index (χ0v) is 58.2. The molecule has 2 amide bonds. The third kappa shape index (κ3) is 21.3. The lowest BCUT2D eigenvalue weighted by Crippen LogP contribution is -2.46. The fraction of sp³-hybridized carbons (Fsp3) is 0.667. The van der Waals surface area contributed by atoms with E-state index in [0.29, 0.717) is 86.7 Å². The second-order valence-electron chi connectivity index (χ2n) is 26.2. The largest absolute Gasteiger partial charge is 0.493 e. The molecule has 0 atom stereocenters. The molecule has 1 heterocycles. The molecular formula is C72H115N7O7S. The molecule has 4 rings (SSSR count). The summed E-state index contributed by atoms with van der Waals surface area (Å²) in [5.74, 6) is 1.86. The van der Waals surface area contributed by atoms with Gasteiger partial charge in [-0.2, -0.15) is 4.98 Å². The van der Waals surface area contributed by atoms with Gasteiger partial charge in [0, 0.05) is 61.4 Å². The van der Waals surface area contributed by atoms with Crippen molar-refractivity contribution in [3.63, 3.8) is 0 Å². The van der Waals surface area contributed by atoms with Crippen LogP contribution in [0.5, 0.6) is 23.1 Å². The summed E-state index contributed by atoms with van der Waals surface area (Å²) in [6.07, 6.45) is 13.0. The highest BCUT2D eigenvalue weighted by Crippen LogP contribution is 2.41. The number of hydrogen-bond acceptors (Lipinski definition) is 12. The Morgan fingerprint density at radius 3 is 1.48 bits per heavy atom. The third-order valence-electron chi connectivity index (χ3n) is 18.2. The van der Waals surface area contributed by atoms with Crippen molar-refractivity contribution in [2.75, 3.05) is 63.1 Å². The van der Waals surface area contributed by atoms with Crippen molar-refractivity contribution < 1.29 is 28.9 Å². The first-order valence-electron chi connectivity index (χ1n) is 33.4. The van der Waals surface area contributed by atoms with Gasteiger partial charge < -0.3 is 34.0 Å². The number of ether oxygens (including phenoxy) is 3. The first-order chi connectivity index (χ1) is 41.3. The normalized spacial score (nSPS) is 12.3. The van der Waals surface area contributed by atoms with Gasteiger partial charge in [0.25, 0.3) is 5.56 Å². The quantitative estimate of drug-likeness (QED) is 0.0197. The van der Waals surface area contributed by atoms with Crippen LogP contribution in [0.15, 0.2) is 74.8 Å². The van der Waals surface area contributed by atoms with Crippen LogP contribution in [0.3, 0.4) is 0 Å². The van der Waals surface area contributed by atoms with E-state index in [2.05, 4.69) is 176 Å². The lowest BCUT2D eigenvalue weighted by molar-refractivity contribution is -0.130. The summed E-state index contributed by atoms with van der Waals surface area (Å²) in [5.41, 5.74) is 4.71. The van der Waals surface area contributed by atoms with Gasteiger partial charge >= 0.3 is 0 Å². The zero-order valence-electron chi connectivity index (χ0n) is 57.4. The van der Waals surface area contributed by atoms with Crippen LogP contribution in [0.25, 0.3) is 0 Å². The average Bonchev–Trinajstić information content (AvgIpc) is 1.40. The number of anilines is 1. The fourth-order valence-corrected chi connectivity index (χ4v) is 10.9. The van der Waals surface area contributed by atoms with Crippen molar-refractivity contribution in [3.05, 3.63) is 87.2 Å². The zero-order chi connectivity index (χ0) is 64.5. The number of carbonyl (C=O) groups is 2. The van der Waals surface area contributed by atoms with Crippen LogP contribution >= 0.6 is 11.8 Å². The second kappa shape index (κ2) is 35.6. The molecule has 1 N–H and O–H groups in total. The predicted octanol–water partition coefficient (Wildman–Crippen LogP) is 18.0. The first-order valence-corrected chi connectivity index (χ1v) is 34.4. The number of hydrogen-bond donors (Lipinski definition) is 1. The monoisotopic (exact) mass is 1220 g/mol. The lowest BCUT2D eigenvalue weighted by Gasteiger charge is -2.31. The van der Waals surface area contributed by atoms with Crippen molar-refractivity contribution in [1.29, 1.82) is 0 Å². The van der Waals surface area contributed by atoms with Crippen LogP contribution in [0, 0.1) is 0 Å². The highest BCUT2D eigenvalue weighted by Gasteiger charge is 2.30. The number of rotatable bonds is 41. The lowest BCUT2D eigenvalue weighted by atomic mass is 9.76. The molecule has 486 valence electrons. The number of amides is 2. The van der Waals surface area contributed by atoms with Gasteiger partial charge in [-0.25, -0.2) is 0 Å². The Bertz CT molecular complexity index is 2810. The number of nitrogens with zero attached hydrogens (tertiary/aromatic N) is 7. The highest BCUT2D eigenvalue weighted by atomic mass is 32.2. The van der Waals surface area contributed by atoms with Crippen molar-refractivity contribution in [2.45, 2.75) is 260 Å². The molecular weight excluding hydrogens is 1110 g/mol. The van der Waals surface area contributed by atoms with Crippen LogP contribution in [-0.2, 0) is 37.8 Å². The molecule has 0 radical (unpaired) electrons. The maximum Gasteiger partial charge on any atom is 0.286 e. The molecule has 0 saturated heterocycles. The minimum atomic E-state index is -0.552. The number of thioether (sulfide) groups is 1. The second-order valence-corrected chi connectivity index (χ2v) is 27.3. The first kappa shape index (κ1) is 73.9. The molecule has 4 aromatic rings. The fourth-order valence-electron chi connectivity index (χ4n) is 10.1. The molecule has 0 fully saturated rings. The molecule has 0 aliphatic carbocycles. The standard InChI is InChI=1S/C72H115N7O7S/c1-19-29-40-76(41-30-20-2)63(80)51-78(52-64(81)77(42-31-21-3)43-32-22-4)55-36-37-59(62(50-55)86-56(23-5)24-6)74-75-65-66(82)73-68(87-47-46-85-61-39-35-54(70(13,14)26-8)49-58(61)72(17,18)28-10)79(67(65)83)44-33-45-84-60-38-34-53(69(11,12)25-7)48-57(60)71(15,16)27-9/h34-39,48-50,56,82H,19-33,40-47,51-52H2,1-18H3. The van der Waals surface area contributed by atoms with Gasteiger partial charge in [-0.15, -0.1) is 10.2 Å². The van der Waals surface area contributed by atoms with E-state index in [1.807, 2.05) is 26.8 Å². The Labute approximate surface area is 530 Å². The van der Waals surface area contributed by atoms with E-state index in [-0.39, 0.29) is 64.9 Å². The number of unbranched alkanes of at least 4 members (excludes halogenated alkanes) is 4. The van der Waals surface area contributed by atoms with E-state index in [1.165, 1.54) is 22.9 Å². The summed E-state index contributed by atoms with van der Waals surface area (Å²) in [6, 6.07) is 18.5. The molecule has 0 saturated carbocycles. The molecule has 0 unspecified atom stereocenters. The summed E-state index contributed by atoms with van der Waals surface area (Å²) in [5, 5.41) is 21.2. The van der Waals surface area contributed by atoms with Crippen molar-refractivity contribution in [2.24, 2.45) is 10.2 Å². The summed E-state index contributed by atoms with van der Waals surface area (Å²) >= 11 is 1.34. The molecule has 0 aliphatic rings. The number of aromatic hydroxyl groups is 1. The number of benzene rings is 3. The number of azo groups is 1. The molecule has 87 heavy (non-hydrogen) atoms. The van der Waals surface area contributed by atoms with Crippen molar-refractivity contribution in [3.8, 4) is 23.1 Å².